The third-order valence-corrected chi connectivity index (χ3v) is 5.52. The lowest BCUT2D eigenvalue weighted by molar-refractivity contribution is -0.117. The highest BCUT2D eigenvalue weighted by Gasteiger charge is 2.38. The van der Waals surface area contributed by atoms with Gasteiger partial charge in [-0.25, -0.2) is 4.68 Å². The minimum Gasteiger partial charge on any atom is -0.486 e. The van der Waals surface area contributed by atoms with E-state index in [0.717, 1.165) is 53.4 Å². The maximum absolute atomic E-state index is 13.0. The number of carbonyl (C=O) groups is 1. The number of nitrogens with zero attached hydrogens (tertiary/aromatic N) is 3. The molecule has 7 nitrogen and oxygen atoms in total. The van der Waals surface area contributed by atoms with Crippen molar-refractivity contribution in [3.63, 3.8) is 0 Å². The van der Waals surface area contributed by atoms with E-state index in [2.05, 4.69) is 24.1 Å². The number of ether oxygens (including phenoxy) is 2. The second-order valence-electron chi connectivity index (χ2n) is 7.81. The lowest BCUT2D eigenvalue weighted by atomic mass is 9.81. The maximum Gasteiger partial charge on any atom is 0.226 e. The van der Waals surface area contributed by atoms with Crippen LogP contribution >= 0.6 is 0 Å². The largest absolute Gasteiger partial charge is 0.486 e. The van der Waals surface area contributed by atoms with Crippen LogP contribution in [0.4, 0.5) is 5.95 Å². The molecule has 2 unspecified atom stereocenters. The molecule has 3 heterocycles. The summed E-state index contributed by atoms with van der Waals surface area (Å²) >= 11 is 0. The summed E-state index contributed by atoms with van der Waals surface area (Å²) in [5.74, 6) is 3.48. The summed E-state index contributed by atoms with van der Waals surface area (Å²) < 4.78 is 13.3. The number of anilines is 1. The van der Waals surface area contributed by atoms with Crippen LogP contribution in [0.25, 0.3) is 0 Å². The first-order valence-electron chi connectivity index (χ1n) is 10.0. The molecule has 2 aliphatic heterocycles. The Labute approximate surface area is 163 Å². The number of nitrogens with one attached hydrogen (secondary N) is 1. The van der Waals surface area contributed by atoms with Gasteiger partial charge in [0.05, 0.1) is 0 Å². The van der Waals surface area contributed by atoms with E-state index in [4.69, 9.17) is 14.6 Å². The van der Waals surface area contributed by atoms with Crippen molar-refractivity contribution in [3.05, 3.63) is 40.9 Å². The molecule has 5 rings (SSSR count). The highest BCUT2D eigenvalue weighted by Crippen LogP contribution is 2.43. The highest BCUT2D eigenvalue weighted by molar-refractivity contribution is 5.99. The third kappa shape index (κ3) is 2.77. The van der Waals surface area contributed by atoms with Gasteiger partial charge in [0, 0.05) is 24.1 Å². The molecule has 0 spiro atoms. The monoisotopic (exact) mass is 380 g/mol. The Balaban J connectivity index is 1.65. The Kier molecular flexibility index (Phi) is 4.10. The zero-order chi connectivity index (χ0) is 19.3. The van der Waals surface area contributed by atoms with Crippen LogP contribution in [-0.2, 0) is 11.2 Å². The van der Waals surface area contributed by atoms with Crippen LogP contribution in [0.5, 0.6) is 11.5 Å². The Morgan fingerprint density at radius 1 is 1.21 bits per heavy atom. The van der Waals surface area contributed by atoms with Crippen LogP contribution < -0.4 is 14.8 Å². The van der Waals surface area contributed by atoms with E-state index in [1.807, 2.05) is 22.9 Å². The topological polar surface area (TPSA) is 78.3 Å². The number of aryl methyl sites for hydroxylation is 1. The average molecular weight is 380 g/mol. The van der Waals surface area contributed by atoms with Crippen LogP contribution in [-0.4, -0.2) is 33.8 Å². The molecule has 1 aromatic carbocycles. The van der Waals surface area contributed by atoms with Gasteiger partial charge in [0.25, 0.3) is 0 Å². The molecule has 28 heavy (non-hydrogen) atoms. The number of hydrogen-bond acceptors (Lipinski definition) is 6. The predicted molar refractivity (Wildman–Crippen MR) is 104 cm³/mol. The molecule has 1 N–H and O–H groups in total. The van der Waals surface area contributed by atoms with Gasteiger partial charge in [-0.2, -0.15) is 10.1 Å². The van der Waals surface area contributed by atoms with Crippen LogP contribution in [0.15, 0.2) is 29.5 Å². The van der Waals surface area contributed by atoms with Crippen molar-refractivity contribution in [3.8, 4) is 11.5 Å². The predicted octanol–water partition coefficient (Wildman–Crippen LogP) is 3.27. The van der Waals surface area contributed by atoms with Gasteiger partial charge in [0.15, 0.2) is 23.1 Å². The molecule has 0 saturated heterocycles. The zero-order valence-corrected chi connectivity index (χ0v) is 16.2. The van der Waals surface area contributed by atoms with E-state index in [1.165, 1.54) is 0 Å². The number of Topliss-reactive ketones (excluding diaryl/α,β-unsaturated/α-hetero) is 1. The van der Waals surface area contributed by atoms with Crippen LogP contribution in [0.3, 0.4) is 0 Å². The fourth-order valence-electron chi connectivity index (χ4n) is 4.32. The fraction of sp³-hybridized carbons (Fsp3) is 0.476. The van der Waals surface area contributed by atoms with E-state index < -0.39 is 0 Å². The van der Waals surface area contributed by atoms with Crippen molar-refractivity contribution < 1.29 is 14.3 Å². The molecule has 0 amide bonds. The Hall–Kier alpha value is -2.83. The van der Waals surface area contributed by atoms with Gasteiger partial charge in [-0.15, -0.1) is 0 Å². The van der Waals surface area contributed by atoms with Crippen LogP contribution in [0.1, 0.15) is 50.5 Å². The van der Waals surface area contributed by atoms with Gasteiger partial charge in [0.2, 0.25) is 5.95 Å². The molecular weight excluding hydrogens is 356 g/mol. The van der Waals surface area contributed by atoms with Gasteiger partial charge in [-0.05, 0) is 36.5 Å². The first-order chi connectivity index (χ1) is 13.6. The second-order valence-corrected chi connectivity index (χ2v) is 7.81. The summed E-state index contributed by atoms with van der Waals surface area (Å²) in [4.78, 5) is 17.7. The van der Waals surface area contributed by atoms with E-state index >= 15 is 0 Å². The number of aromatic nitrogens is 3. The summed E-state index contributed by atoms with van der Waals surface area (Å²) in [6.07, 6.45) is 3.19. The summed E-state index contributed by atoms with van der Waals surface area (Å²) in [6.45, 7) is 5.31. The van der Waals surface area contributed by atoms with E-state index in [-0.39, 0.29) is 11.8 Å². The van der Waals surface area contributed by atoms with Crippen molar-refractivity contribution in [2.75, 3.05) is 18.5 Å². The lowest BCUT2D eigenvalue weighted by Crippen LogP contribution is -2.33. The molecule has 2 atom stereocenters. The lowest BCUT2D eigenvalue weighted by Gasteiger charge is -2.34. The molecule has 0 bridgehead atoms. The second kappa shape index (κ2) is 6.65. The smallest absolute Gasteiger partial charge is 0.226 e. The van der Waals surface area contributed by atoms with E-state index in [1.54, 1.807) is 0 Å². The van der Waals surface area contributed by atoms with Crippen LogP contribution in [0, 0.1) is 5.92 Å². The molecule has 7 heteroatoms. The first kappa shape index (κ1) is 17.3. The molecular formula is C21H24N4O3. The number of hydrogen-bond donors (Lipinski definition) is 1. The highest BCUT2D eigenvalue weighted by atomic mass is 16.6. The zero-order valence-electron chi connectivity index (χ0n) is 16.2. The molecule has 146 valence electrons. The fourth-order valence-corrected chi connectivity index (χ4v) is 4.32. The van der Waals surface area contributed by atoms with Crippen molar-refractivity contribution in [2.24, 2.45) is 5.92 Å². The van der Waals surface area contributed by atoms with Crippen molar-refractivity contribution in [1.29, 1.82) is 0 Å². The Morgan fingerprint density at radius 3 is 2.86 bits per heavy atom. The van der Waals surface area contributed by atoms with Gasteiger partial charge >= 0.3 is 0 Å². The Morgan fingerprint density at radius 2 is 2.04 bits per heavy atom. The molecule has 0 saturated carbocycles. The minimum absolute atomic E-state index is 0.180. The van der Waals surface area contributed by atoms with Gasteiger partial charge in [0.1, 0.15) is 19.3 Å². The normalized spacial score (nSPS) is 23.1. The van der Waals surface area contributed by atoms with Crippen LogP contribution in [0.2, 0.25) is 0 Å². The first-order valence-corrected chi connectivity index (χ1v) is 10.0. The number of ketones is 1. The summed E-state index contributed by atoms with van der Waals surface area (Å²) in [5, 5.41) is 8.13. The van der Waals surface area contributed by atoms with E-state index in [9.17, 15) is 4.79 Å². The van der Waals surface area contributed by atoms with Gasteiger partial charge in [-0.1, -0.05) is 19.9 Å². The molecule has 2 aromatic rings. The SMILES string of the molecule is CCCc1nc2n(n1)C(c1ccc3c(c1)OCCO3)C1=C(CC(C)CC1=O)N2. The molecule has 0 fully saturated rings. The average Bonchev–Trinajstić information content (AvgIpc) is 3.08. The number of rotatable bonds is 3. The minimum atomic E-state index is -0.291. The van der Waals surface area contributed by atoms with Crippen molar-refractivity contribution in [1.82, 2.24) is 14.8 Å². The molecule has 3 aliphatic rings. The standard InChI is InChI=1S/C21H24N4O3/c1-3-4-18-23-21-22-14-9-12(2)10-15(26)19(14)20(25(21)24-18)13-5-6-16-17(11-13)28-8-7-27-16/h5-6,11-12,20H,3-4,7-10H2,1-2H3,(H,22,23,24). The maximum atomic E-state index is 13.0. The number of fused-ring (bicyclic) bond motifs is 2. The number of allylic oxidation sites excluding steroid dienone is 2. The third-order valence-electron chi connectivity index (χ3n) is 5.52. The molecule has 0 radical (unpaired) electrons. The van der Waals surface area contributed by atoms with E-state index in [0.29, 0.717) is 31.5 Å². The quantitative estimate of drug-likeness (QED) is 0.881. The molecule has 1 aromatic heterocycles. The van der Waals surface area contributed by atoms with Gasteiger partial charge in [-0.3, -0.25) is 4.79 Å². The number of carbonyl (C=O) groups excluding carboxylic acids is 1. The summed E-state index contributed by atoms with van der Waals surface area (Å²) in [5.41, 5.74) is 2.75. The molecule has 1 aliphatic carbocycles. The van der Waals surface area contributed by atoms with Gasteiger partial charge < -0.3 is 14.8 Å². The summed E-state index contributed by atoms with van der Waals surface area (Å²) in [7, 11) is 0. The van der Waals surface area contributed by atoms with Crippen molar-refractivity contribution in [2.45, 2.75) is 45.6 Å². The van der Waals surface area contributed by atoms with Crippen molar-refractivity contribution >= 4 is 11.7 Å². The summed E-state index contributed by atoms with van der Waals surface area (Å²) in [6, 6.07) is 5.61. The Bertz CT molecular complexity index is 978. The number of benzene rings is 1.